The Morgan fingerprint density at radius 1 is 0.826 bits per heavy atom. The summed E-state index contributed by atoms with van der Waals surface area (Å²) in [7, 11) is 0. The van der Waals surface area contributed by atoms with E-state index in [9.17, 15) is 26.3 Å². The monoisotopic (exact) mass is 347 g/mol. The molecule has 0 aliphatic carbocycles. The molecule has 0 radical (unpaired) electrons. The SMILES string of the molecule is FC(F)(F)c1cc(C(F)(F)F)c2sc(-c3ccccc3)nc2c1. The van der Waals surface area contributed by atoms with Gasteiger partial charge in [-0.1, -0.05) is 30.3 Å². The number of alkyl halides is 6. The van der Waals surface area contributed by atoms with Gasteiger partial charge in [0.25, 0.3) is 0 Å². The molecule has 0 aliphatic heterocycles. The maximum absolute atomic E-state index is 13.1. The summed E-state index contributed by atoms with van der Waals surface area (Å²) in [6.07, 6.45) is -9.76. The average molecular weight is 347 g/mol. The lowest BCUT2D eigenvalue weighted by Gasteiger charge is -2.11. The van der Waals surface area contributed by atoms with Crippen LogP contribution in [0.4, 0.5) is 26.3 Å². The number of fused-ring (bicyclic) bond motifs is 1. The van der Waals surface area contributed by atoms with Crippen molar-refractivity contribution in [1.29, 1.82) is 0 Å². The summed E-state index contributed by atoms with van der Waals surface area (Å²) in [6.45, 7) is 0. The highest BCUT2D eigenvalue weighted by Gasteiger charge is 2.39. The summed E-state index contributed by atoms with van der Waals surface area (Å²) in [4.78, 5) is 3.95. The van der Waals surface area contributed by atoms with Crippen molar-refractivity contribution in [1.82, 2.24) is 4.98 Å². The zero-order valence-corrected chi connectivity index (χ0v) is 12.0. The predicted octanol–water partition coefficient (Wildman–Crippen LogP) is 6.00. The van der Waals surface area contributed by atoms with Crippen molar-refractivity contribution in [3.8, 4) is 10.6 Å². The van der Waals surface area contributed by atoms with Crippen molar-refractivity contribution in [3.05, 3.63) is 53.6 Å². The zero-order valence-electron chi connectivity index (χ0n) is 11.2. The van der Waals surface area contributed by atoms with Crippen molar-refractivity contribution < 1.29 is 26.3 Å². The van der Waals surface area contributed by atoms with E-state index in [0.717, 1.165) is 11.3 Å². The first-order valence-electron chi connectivity index (χ1n) is 6.30. The first-order chi connectivity index (χ1) is 10.7. The van der Waals surface area contributed by atoms with Crippen LogP contribution in [0.15, 0.2) is 42.5 Å². The molecule has 0 N–H and O–H groups in total. The van der Waals surface area contributed by atoms with Crippen LogP contribution < -0.4 is 0 Å². The van der Waals surface area contributed by atoms with Crippen LogP contribution in [0.25, 0.3) is 20.8 Å². The molecule has 1 heterocycles. The lowest BCUT2D eigenvalue weighted by Crippen LogP contribution is -2.10. The van der Waals surface area contributed by atoms with Crippen molar-refractivity contribution in [2.75, 3.05) is 0 Å². The van der Waals surface area contributed by atoms with Crippen LogP contribution in [0.5, 0.6) is 0 Å². The van der Waals surface area contributed by atoms with Gasteiger partial charge in [-0.2, -0.15) is 26.3 Å². The van der Waals surface area contributed by atoms with Gasteiger partial charge in [0.05, 0.1) is 21.3 Å². The molecule has 0 saturated heterocycles. The van der Waals surface area contributed by atoms with Crippen molar-refractivity contribution >= 4 is 21.6 Å². The van der Waals surface area contributed by atoms with E-state index in [1.807, 2.05) is 0 Å². The summed E-state index contributed by atoms with van der Waals surface area (Å²) in [6, 6.07) is 9.12. The van der Waals surface area contributed by atoms with Gasteiger partial charge in [-0.05, 0) is 12.1 Å². The summed E-state index contributed by atoms with van der Waals surface area (Å²) in [5.41, 5.74) is -2.43. The van der Waals surface area contributed by atoms with Gasteiger partial charge in [-0.3, -0.25) is 0 Å². The van der Waals surface area contributed by atoms with Crippen LogP contribution in [0, 0.1) is 0 Å². The van der Waals surface area contributed by atoms with E-state index in [1.54, 1.807) is 30.3 Å². The molecule has 0 bridgehead atoms. The Labute approximate surface area is 130 Å². The molecular formula is C15H7F6NS. The molecule has 0 amide bonds. The zero-order chi connectivity index (χ0) is 16.8. The van der Waals surface area contributed by atoms with E-state index in [-0.39, 0.29) is 21.3 Å². The fourth-order valence-electron chi connectivity index (χ4n) is 2.11. The third-order valence-corrected chi connectivity index (χ3v) is 4.30. The van der Waals surface area contributed by atoms with E-state index < -0.39 is 23.5 Å². The lowest BCUT2D eigenvalue weighted by molar-refractivity contribution is -0.142. The maximum Gasteiger partial charge on any atom is 0.417 e. The second-order valence-electron chi connectivity index (χ2n) is 4.75. The largest absolute Gasteiger partial charge is 0.417 e. The minimum atomic E-state index is -4.89. The highest BCUT2D eigenvalue weighted by atomic mass is 32.1. The Morgan fingerprint density at radius 3 is 2.04 bits per heavy atom. The normalized spacial score (nSPS) is 12.8. The fraction of sp³-hybridized carbons (Fsp3) is 0.133. The molecule has 0 spiro atoms. The fourth-order valence-corrected chi connectivity index (χ4v) is 3.20. The van der Waals surface area contributed by atoms with Gasteiger partial charge in [0.1, 0.15) is 5.01 Å². The first-order valence-corrected chi connectivity index (χ1v) is 7.12. The number of hydrogen-bond acceptors (Lipinski definition) is 2. The summed E-state index contributed by atoms with van der Waals surface area (Å²) in [5.74, 6) is 0. The van der Waals surface area contributed by atoms with Gasteiger partial charge in [0.15, 0.2) is 0 Å². The van der Waals surface area contributed by atoms with Crippen LogP contribution in [0.3, 0.4) is 0 Å². The molecule has 2 aromatic carbocycles. The van der Waals surface area contributed by atoms with E-state index in [4.69, 9.17) is 0 Å². The quantitative estimate of drug-likeness (QED) is 0.492. The topological polar surface area (TPSA) is 12.9 Å². The minimum absolute atomic E-state index is 0.134. The highest BCUT2D eigenvalue weighted by Crippen LogP contribution is 2.43. The Balaban J connectivity index is 2.28. The molecule has 23 heavy (non-hydrogen) atoms. The van der Waals surface area contributed by atoms with Gasteiger partial charge in [-0.25, -0.2) is 4.98 Å². The van der Waals surface area contributed by atoms with Crippen LogP contribution >= 0.6 is 11.3 Å². The van der Waals surface area contributed by atoms with E-state index in [2.05, 4.69) is 4.98 Å². The molecule has 3 aromatic rings. The Hall–Kier alpha value is -2.09. The Kier molecular flexibility index (Phi) is 3.59. The van der Waals surface area contributed by atoms with Gasteiger partial charge < -0.3 is 0 Å². The number of nitrogens with zero attached hydrogens (tertiary/aromatic N) is 1. The van der Waals surface area contributed by atoms with Gasteiger partial charge in [0.2, 0.25) is 0 Å². The number of thiazole rings is 1. The van der Waals surface area contributed by atoms with Crippen molar-refractivity contribution in [2.24, 2.45) is 0 Å². The molecule has 1 aromatic heterocycles. The van der Waals surface area contributed by atoms with Crippen LogP contribution in [0.2, 0.25) is 0 Å². The minimum Gasteiger partial charge on any atom is -0.236 e. The number of aromatic nitrogens is 1. The third kappa shape index (κ3) is 3.03. The number of hydrogen-bond donors (Lipinski definition) is 0. The van der Waals surface area contributed by atoms with Crippen LogP contribution in [0.1, 0.15) is 11.1 Å². The van der Waals surface area contributed by atoms with Gasteiger partial charge in [-0.15, -0.1) is 11.3 Å². The summed E-state index contributed by atoms with van der Waals surface area (Å²) in [5, 5.41) is 0.241. The van der Waals surface area contributed by atoms with Crippen molar-refractivity contribution in [3.63, 3.8) is 0 Å². The second kappa shape index (κ2) is 5.23. The summed E-state index contributed by atoms with van der Waals surface area (Å²) < 4.78 is 77.5. The maximum atomic E-state index is 13.1. The Morgan fingerprint density at radius 2 is 1.48 bits per heavy atom. The number of benzene rings is 2. The molecule has 8 heteroatoms. The van der Waals surface area contributed by atoms with Gasteiger partial charge in [0, 0.05) is 5.56 Å². The first kappa shape index (κ1) is 15.8. The average Bonchev–Trinajstić information content (AvgIpc) is 2.89. The molecule has 0 unspecified atom stereocenters. The lowest BCUT2D eigenvalue weighted by atomic mass is 10.1. The Bertz CT molecular complexity index is 848. The molecule has 0 fully saturated rings. The molecule has 0 aliphatic rings. The smallest absolute Gasteiger partial charge is 0.236 e. The summed E-state index contributed by atoms with van der Waals surface area (Å²) >= 11 is 0.725. The van der Waals surface area contributed by atoms with E-state index in [0.29, 0.717) is 11.6 Å². The molecule has 0 atom stereocenters. The van der Waals surface area contributed by atoms with Gasteiger partial charge >= 0.3 is 12.4 Å². The van der Waals surface area contributed by atoms with Crippen LogP contribution in [-0.4, -0.2) is 4.98 Å². The highest BCUT2D eigenvalue weighted by molar-refractivity contribution is 7.21. The number of halogens is 6. The van der Waals surface area contributed by atoms with E-state index in [1.165, 1.54) is 0 Å². The second-order valence-corrected chi connectivity index (χ2v) is 5.75. The predicted molar refractivity (Wildman–Crippen MR) is 75.1 cm³/mol. The number of rotatable bonds is 1. The van der Waals surface area contributed by atoms with E-state index >= 15 is 0 Å². The molecule has 1 nitrogen and oxygen atoms in total. The molecule has 120 valence electrons. The van der Waals surface area contributed by atoms with Crippen molar-refractivity contribution in [2.45, 2.75) is 12.4 Å². The van der Waals surface area contributed by atoms with Crippen LogP contribution in [-0.2, 0) is 12.4 Å². The third-order valence-electron chi connectivity index (χ3n) is 3.14. The standard InChI is InChI=1S/C15H7F6NS/c16-14(17,18)9-6-10(15(19,20)21)12-11(7-9)22-13(23-12)8-4-2-1-3-5-8/h1-7H. The molecule has 3 rings (SSSR count). The molecular weight excluding hydrogens is 340 g/mol. The molecule has 0 saturated carbocycles.